The van der Waals surface area contributed by atoms with Crippen LogP contribution in [0.5, 0.6) is 0 Å². The maximum atomic E-state index is 13.3. The van der Waals surface area contributed by atoms with Crippen LogP contribution in [0.4, 0.5) is 0 Å². The number of carbonyl (C=O) groups excluding carboxylic acids is 1. The normalized spacial score (nSPS) is 13.4. The summed E-state index contributed by atoms with van der Waals surface area (Å²) < 4.78 is 2.26. The predicted molar refractivity (Wildman–Crippen MR) is 118 cm³/mol. The smallest absolute Gasteiger partial charge is 0.254 e. The summed E-state index contributed by atoms with van der Waals surface area (Å²) in [6.07, 6.45) is 7.81. The van der Waals surface area contributed by atoms with Crippen LogP contribution < -0.4 is 0 Å². The number of benzene rings is 2. The molecule has 3 nitrogen and oxygen atoms in total. The number of nitrogens with zero attached hydrogens (tertiary/aromatic N) is 2. The lowest BCUT2D eigenvalue weighted by Crippen LogP contribution is -2.33. The highest BCUT2D eigenvalue weighted by atomic mass is 16.2. The van der Waals surface area contributed by atoms with E-state index in [0.29, 0.717) is 12.6 Å². The zero-order chi connectivity index (χ0) is 20.1. The topological polar surface area (TPSA) is 25.2 Å². The molecule has 0 saturated heterocycles. The molecule has 1 fully saturated rings. The highest BCUT2D eigenvalue weighted by Crippen LogP contribution is 2.30. The van der Waals surface area contributed by atoms with Crippen LogP contribution in [0, 0.1) is 0 Å². The second-order valence-electron chi connectivity index (χ2n) is 8.08. The standard InChI is InChI=1S/C26H30N2O/c1-2-3-8-21-12-14-23(15-13-21)26(29)28(24-16-17-24)20-25-11-7-18-27(25)19-22-9-5-4-6-10-22/h4-7,9-15,18,24H,2-3,8,16-17,19-20H2,1H3. The second-order valence-corrected chi connectivity index (χ2v) is 8.08. The van der Waals surface area contributed by atoms with Crippen molar-refractivity contribution in [3.8, 4) is 0 Å². The molecular weight excluding hydrogens is 356 g/mol. The molecule has 29 heavy (non-hydrogen) atoms. The number of hydrogen-bond donors (Lipinski definition) is 0. The Hall–Kier alpha value is -2.81. The predicted octanol–water partition coefficient (Wildman–Crippen LogP) is 5.68. The summed E-state index contributed by atoms with van der Waals surface area (Å²) in [6, 6.07) is 23.3. The minimum Gasteiger partial charge on any atom is -0.345 e. The summed E-state index contributed by atoms with van der Waals surface area (Å²) in [4.78, 5) is 15.3. The molecule has 3 heteroatoms. The molecule has 0 radical (unpaired) electrons. The number of amides is 1. The van der Waals surface area contributed by atoms with Crippen molar-refractivity contribution in [3.63, 3.8) is 0 Å². The van der Waals surface area contributed by atoms with Crippen molar-refractivity contribution in [2.24, 2.45) is 0 Å². The van der Waals surface area contributed by atoms with Gasteiger partial charge in [-0.15, -0.1) is 0 Å². The van der Waals surface area contributed by atoms with E-state index in [1.807, 2.05) is 18.2 Å². The fourth-order valence-corrected chi connectivity index (χ4v) is 3.82. The lowest BCUT2D eigenvalue weighted by molar-refractivity contribution is 0.0726. The quantitative estimate of drug-likeness (QED) is 0.464. The van der Waals surface area contributed by atoms with Gasteiger partial charge < -0.3 is 9.47 Å². The van der Waals surface area contributed by atoms with Crippen LogP contribution in [-0.2, 0) is 19.5 Å². The van der Waals surface area contributed by atoms with E-state index >= 15 is 0 Å². The first-order valence-corrected chi connectivity index (χ1v) is 10.8. The Bertz CT molecular complexity index is 923. The van der Waals surface area contributed by atoms with Gasteiger partial charge in [0.15, 0.2) is 0 Å². The molecule has 1 amide bonds. The lowest BCUT2D eigenvalue weighted by atomic mass is 10.1. The Labute approximate surface area is 174 Å². The Morgan fingerprint density at radius 3 is 2.41 bits per heavy atom. The van der Waals surface area contributed by atoms with E-state index in [2.05, 4.69) is 71.1 Å². The largest absolute Gasteiger partial charge is 0.345 e. The number of hydrogen-bond acceptors (Lipinski definition) is 1. The first kappa shape index (κ1) is 19.5. The van der Waals surface area contributed by atoms with Gasteiger partial charge in [0.05, 0.1) is 6.54 Å². The molecule has 1 aromatic heterocycles. The van der Waals surface area contributed by atoms with Crippen molar-refractivity contribution in [3.05, 3.63) is 95.3 Å². The number of aryl methyl sites for hydroxylation is 1. The van der Waals surface area contributed by atoms with E-state index in [0.717, 1.165) is 31.4 Å². The van der Waals surface area contributed by atoms with Crippen molar-refractivity contribution < 1.29 is 4.79 Å². The third-order valence-electron chi connectivity index (χ3n) is 5.72. The average molecular weight is 387 g/mol. The molecule has 0 atom stereocenters. The van der Waals surface area contributed by atoms with Gasteiger partial charge in [-0.2, -0.15) is 0 Å². The van der Waals surface area contributed by atoms with Gasteiger partial charge in [-0.25, -0.2) is 0 Å². The molecule has 1 aliphatic carbocycles. The van der Waals surface area contributed by atoms with E-state index in [4.69, 9.17) is 0 Å². The van der Waals surface area contributed by atoms with Crippen molar-refractivity contribution in [2.75, 3.05) is 0 Å². The lowest BCUT2D eigenvalue weighted by Gasteiger charge is -2.24. The summed E-state index contributed by atoms with van der Waals surface area (Å²) in [5.74, 6) is 0.155. The van der Waals surface area contributed by atoms with Gasteiger partial charge in [0.1, 0.15) is 0 Å². The fourth-order valence-electron chi connectivity index (χ4n) is 3.82. The molecule has 0 unspecified atom stereocenters. The molecule has 0 bridgehead atoms. The second kappa shape index (κ2) is 9.13. The van der Waals surface area contributed by atoms with Gasteiger partial charge in [0.2, 0.25) is 0 Å². The van der Waals surface area contributed by atoms with Gasteiger partial charge in [0, 0.05) is 30.0 Å². The third kappa shape index (κ3) is 4.97. The number of aromatic nitrogens is 1. The maximum Gasteiger partial charge on any atom is 0.254 e. The SMILES string of the molecule is CCCCc1ccc(C(=O)N(Cc2cccn2Cc2ccccc2)C2CC2)cc1. The van der Waals surface area contributed by atoms with Crippen molar-refractivity contribution >= 4 is 5.91 Å². The van der Waals surface area contributed by atoms with Gasteiger partial charge in [-0.3, -0.25) is 4.79 Å². The van der Waals surface area contributed by atoms with Crippen LogP contribution >= 0.6 is 0 Å². The first-order valence-electron chi connectivity index (χ1n) is 10.8. The van der Waals surface area contributed by atoms with Crippen molar-refractivity contribution in [1.29, 1.82) is 0 Å². The van der Waals surface area contributed by atoms with Crippen LogP contribution in [0.15, 0.2) is 72.9 Å². The minimum absolute atomic E-state index is 0.155. The zero-order valence-corrected chi connectivity index (χ0v) is 17.3. The monoisotopic (exact) mass is 386 g/mol. The van der Waals surface area contributed by atoms with Crippen LogP contribution in [0.1, 0.15) is 59.8 Å². The highest BCUT2D eigenvalue weighted by Gasteiger charge is 2.33. The third-order valence-corrected chi connectivity index (χ3v) is 5.72. The Morgan fingerprint density at radius 2 is 1.72 bits per heavy atom. The van der Waals surface area contributed by atoms with Gasteiger partial charge >= 0.3 is 0 Å². The Balaban J connectivity index is 1.48. The minimum atomic E-state index is 0.155. The summed E-state index contributed by atoms with van der Waals surface area (Å²) >= 11 is 0. The molecular formula is C26H30N2O. The summed E-state index contributed by atoms with van der Waals surface area (Å²) in [5.41, 5.74) is 4.59. The van der Waals surface area contributed by atoms with Crippen LogP contribution in [0.25, 0.3) is 0 Å². The van der Waals surface area contributed by atoms with Crippen molar-refractivity contribution in [1.82, 2.24) is 9.47 Å². The molecule has 1 heterocycles. The van der Waals surface area contributed by atoms with Crippen LogP contribution in [0.2, 0.25) is 0 Å². The molecule has 0 aliphatic heterocycles. The van der Waals surface area contributed by atoms with E-state index in [9.17, 15) is 4.79 Å². The Morgan fingerprint density at radius 1 is 0.966 bits per heavy atom. The number of unbranched alkanes of at least 4 members (excludes halogenated alkanes) is 1. The Kier molecular flexibility index (Phi) is 6.14. The van der Waals surface area contributed by atoms with Crippen LogP contribution in [0.3, 0.4) is 0 Å². The molecule has 4 rings (SSSR count). The van der Waals surface area contributed by atoms with E-state index in [-0.39, 0.29) is 5.91 Å². The summed E-state index contributed by atoms with van der Waals surface area (Å²) in [6.45, 7) is 3.71. The molecule has 3 aromatic rings. The molecule has 0 spiro atoms. The maximum absolute atomic E-state index is 13.3. The molecule has 0 N–H and O–H groups in total. The summed E-state index contributed by atoms with van der Waals surface area (Å²) in [7, 11) is 0. The fraction of sp³-hybridized carbons (Fsp3) is 0.346. The molecule has 150 valence electrons. The van der Waals surface area contributed by atoms with E-state index < -0.39 is 0 Å². The van der Waals surface area contributed by atoms with Gasteiger partial charge in [0.25, 0.3) is 5.91 Å². The highest BCUT2D eigenvalue weighted by molar-refractivity contribution is 5.94. The molecule has 1 saturated carbocycles. The van der Waals surface area contributed by atoms with E-state index in [1.165, 1.54) is 29.7 Å². The zero-order valence-electron chi connectivity index (χ0n) is 17.3. The van der Waals surface area contributed by atoms with Crippen LogP contribution in [-0.4, -0.2) is 21.4 Å². The average Bonchev–Trinajstić information content (AvgIpc) is 3.51. The first-order chi connectivity index (χ1) is 14.2. The number of carbonyl (C=O) groups is 1. The van der Waals surface area contributed by atoms with E-state index in [1.54, 1.807) is 0 Å². The number of rotatable bonds is 9. The van der Waals surface area contributed by atoms with Crippen molar-refractivity contribution in [2.45, 2.75) is 58.2 Å². The summed E-state index contributed by atoms with van der Waals surface area (Å²) in [5, 5.41) is 0. The van der Waals surface area contributed by atoms with Gasteiger partial charge in [-0.1, -0.05) is 55.8 Å². The molecule has 1 aliphatic rings. The van der Waals surface area contributed by atoms with Gasteiger partial charge in [-0.05, 0) is 61.1 Å². The molecule has 2 aromatic carbocycles.